The number of amides is 1. The number of hydrogen-bond acceptors (Lipinski definition) is 6. The fourth-order valence-corrected chi connectivity index (χ4v) is 5.70. The quantitative estimate of drug-likeness (QED) is 0.361. The number of hydrogen-bond donors (Lipinski definition) is 1. The van der Waals surface area contributed by atoms with Gasteiger partial charge in [-0.3, -0.25) is 9.78 Å². The normalized spacial score (nSPS) is 15.3. The van der Waals surface area contributed by atoms with Crippen LogP contribution < -0.4 is 4.90 Å². The molecule has 0 saturated carbocycles. The van der Waals surface area contributed by atoms with Crippen LogP contribution in [-0.4, -0.2) is 52.1 Å². The minimum atomic E-state index is -0.261. The van der Waals surface area contributed by atoms with E-state index >= 15 is 0 Å². The number of pyridine rings is 2. The summed E-state index contributed by atoms with van der Waals surface area (Å²) in [6, 6.07) is 19.1. The molecule has 1 saturated heterocycles. The predicted molar refractivity (Wildman–Crippen MR) is 145 cm³/mol. The minimum absolute atomic E-state index is 0.104. The molecule has 0 unspecified atom stereocenters. The number of likely N-dealkylation sites (N-methyl/N-ethyl adjacent to an activating group) is 1. The highest BCUT2D eigenvalue weighted by Crippen LogP contribution is 2.37. The first-order valence-corrected chi connectivity index (χ1v) is 13.2. The number of aryl methyl sites for hydroxylation is 1. The highest BCUT2D eigenvalue weighted by Gasteiger charge is 2.34. The summed E-state index contributed by atoms with van der Waals surface area (Å²) in [5.74, 6) is 1.07. The van der Waals surface area contributed by atoms with Crippen LogP contribution in [0.5, 0.6) is 5.75 Å². The zero-order chi connectivity index (χ0) is 25.1. The molecule has 1 aliphatic heterocycles. The number of carbonyl (C=O) groups excluding carboxylic acids is 1. The van der Waals surface area contributed by atoms with Gasteiger partial charge in [0.25, 0.3) is 0 Å². The second kappa shape index (κ2) is 10.5. The molecule has 0 aliphatic carbocycles. The van der Waals surface area contributed by atoms with Crippen LogP contribution >= 0.6 is 11.3 Å². The molecule has 4 heterocycles. The third kappa shape index (κ3) is 4.97. The van der Waals surface area contributed by atoms with Gasteiger partial charge < -0.3 is 14.9 Å². The molecule has 1 atom stereocenters. The van der Waals surface area contributed by atoms with Gasteiger partial charge in [-0.2, -0.15) is 0 Å². The van der Waals surface area contributed by atoms with Gasteiger partial charge in [-0.1, -0.05) is 18.2 Å². The maximum atomic E-state index is 13.5. The van der Waals surface area contributed by atoms with Crippen molar-refractivity contribution in [1.29, 1.82) is 0 Å². The molecule has 6 nitrogen and oxygen atoms in total. The topological polar surface area (TPSA) is 69.6 Å². The Labute approximate surface area is 215 Å². The number of para-hydroxylation sites is 1. The predicted octanol–water partition coefficient (Wildman–Crippen LogP) is 5.56. The first kappa shape index (κ1) is 24.0. The van der Waals surface area contributed by atoms with E-state index in [1.807, 2.05) is 54.4 Å². The number of rotatable bonds is 7. The zero-order valence-corrected chi connectivity index (χ0v) is 21.4. The van der Waals surface area contributed by atoms with Crippen LogP contribution in [0.15, 0.2) is 72.2 Å². The summed E-state index contributed by atoms with van der Waals surface area (Å²) in [6.45, 7) is 3.49. The fraction of sp³-hybridized carbons (Fsp3) is 0.276. The molecular weight excluding hydrogens is 468 g/mol. The first-order chi connectivity index (χ1) is 17.5. The van der Waals surface area contributed by atoms with Crippen molar-refractivity contribution in [2.45, 2.75) is 32.2 Å². The Morgan fingerprint density at radius 2 is 2.00 bits per heavy atom. The Morgan fingerprint density at radius 3 is 2.75 bits per heavy atom. The van der Waals surface area contributed by atoms with Gasteiger partial charge in [0.15, 0.2) is 0 Å². The van der Waals surface area contributed by atoms with Crippen LogP contribution in [0.2, 0.25) is 0 Å². The molecule has 1 aliphatic rings. The summed E-state index contributed by atoms with van der Waals surface area (Å²) < 4.78 is 0. The van der Waals surface area contributed by atoms with Crippen molar-refractivity contribution in [3.8, 4) is 27.4 Å². The summed E-state index contributed by atoms with van der Waals surface area (Å²) >= 11 is 1.69. The van der Waals surface area contributed by atoms with Gasteiger partial charge in [-0.15, -0.1) is 11.3 Å². The number of carbonyl (C=O) groups is 1. The summed E-state index contributed by atoms with van der Waals surface area (Å²) in [6.07, 6.45) is 4.23. The lowest BCUT2D eigenvalue weighted by Gasteiger charge is -2.29. The average molecular weight is 499 g/mol. The number of nitrogens with zero attached hydrogens (tertiary/aromatic N) is 4. The minimum Gasteiger partial charge on any atom is -0.507 e. The van der Waals surface area contributed by atoms with Gasteiger partial charge in [0.2, 0.25) is 5.91 Å². The largest absolute Gasteiger partial charge is 0.507 e. The molecule has 3 aromatic heterocycles. The zero-order valence-electron chi connectivity index (χ0n) is 20.6. The number of anilines is 1. The van der Waals surface area contributed by atoms with E-state index in [0.29, 0.717) is 17.8 Å². The van der Waals surface area contributed by atoms with Gasteiger partial charge in [-0.25, -0.2) is 4.98 Å². The van der Waals surface area contributed by atoms with Gasteiger partial charge in [0.05, 0.1) is 5.69 Å². The van der Waals surface area contributed by atoms with Crippen molar-refractivity contribution in [2.75, 3.05) is 25.0 Å². The lowest BCUT2D eigenvalue weighted by Crippen LogP contribution is -2.45. The standard InChI is InChI=1S/C29H30N4O2S/c1-20-13-17-36-28(20)21-18-24(23-9-3-4-11-26(23)34)31-27(19-21)33-15-7-10-25(33)29(35)32(2)16-12-22-8-5-6-14-30-22/h3-6,8-9,11,13-14,17-19,25,34H,7,10,12,15-16H2,1-2H3/t25-/m0/s1. The van der Waals surface area contributed by atoms with Crippen molar-refractivity contribution >= 4 is 23.1 Å². The molecule has 184 valence electrons. The summed E-state index contributed by atoms with van der Waals surface area (Å²) in [7, 11) is 1.87. The number of benzene rings is 1. The molecule has 1 N–H and O–H groups in total. The number of phenols is 1. The van der Waals surface area contributed by atoms with Crippen LogP contribution in [0.3, 0.4) is 0 Å². The molecule has 0 bridgehead atoms. The van der Waals surface area contributed by atoms with Crippen molar-refractivity contribution < 1.29 is 9.90 Å². The molecule has 7 heteroatoms. The number of phenolic OH excluding ortho intramolecular Hbond substituents is 1. The smallest absolute Gasteiger partial charge is 0.245 e. The number of aromatic hydroxyl groups is 1. The molecule has 4 aromatic rings. The van der Waals surface area contributed by atoms with Gasteiger partial charge in [-0.05, 0) is 78.7 Å². The van der Waals surface area contributed by atoms with E-state index in [1.165, 1.54) is 10.4 Å². The van der Waals surface area contributed by atoms with Crippen molar-refractivity contribution in [2.24, 2.45) is 0 Å². The molecule has 1 aromatic carbocycles. The average Bonchev–Trinajstić information content (AvgIpc) is 3.57. The Kier molecular flexibility index (Phi) is 7.00. The van der Waals surface area contributed by atoms with Crippen LogP contribution in [0.25, 0.3) is 21.7 Å². The number of thiophene rings is 1. The summed E-state index contributed by atoms with van der Waals surface area (Å²) in [5.41, 5.74) is 4.61. The number of aromatic nitrogens is 2. The Balaban J connectivity index is 1.46. The Hall–Kier alpha value is -3.71. The maximum absolute atomic E-state index is 13.5. The second-order valence-corrected chi connectivity index (χ2v) is 10.1. The molecular formula is C29H30N4O2S. The van der Waals surface area contributed by atoms with Crippen LogP contribution in [0.1, 0.15) is 24.1 Å². The van der Waals surface area contributed by atoms with Crippen molar-refractivity contribution in [1.82, 2.24) is 14.9 Å². The van der Waals surface area contributed by atoms with E-state index in [-0.39, 0.29) is 17.7 Å². The SMILES string of the molecule is Cc1ccsc1-c1cc(-c2ccccc2O)nc(N2CCC[C@H]2C(=O)N(C)CCc2ccccn2)c1. The third-order valence-electron chi connectivity index (χ3n) is 6.75. The fourth-order valence-electron chi connectivity index (χ4n) is 4.78. The lowest BCUT2D eigenvalue weighted by atomic mass is 10.1. The van der Waals surface area contributed by atoms with Gasteiger partial charge >= 0.3 is 0 Å². The summed E-state index contributed by atoms with van der Waals surface area (Å²) in [5, 5.41) is 12.6. The summed E-state index contributed by atoms with van der Waals surface area (Å²) in [4.78, 5) is 28.0. The monoisotopic (exact) mass is 498 g/mol. The van der Waals surface area contributed by atoms with Crippen molar-refractivity contribution in [3.63, 3.8) is 0 Å². The van der Waals surface area contributed by atoms with E-state index in [0.717, 1.165) is 42.9 Å². The van der Waals surface area contributed by atoms with E-state index in [2.05, 4.69) is 34.3 Å². The molecule has 0 radical (unpaired) electrons. The second-order valence-electron chi connectivity index (χ2n) is 9.23. The Morgan fingerprint density at radius 1 is 1.17 bits per heavy atom. The molecule has 1 fully saturated rings. The van der Waals surface area contributed by atoms with E-state index in [9.17, 15) is 9.90 Å². The van der Waals surface area contributed by atoms with Crippen molar-refractivity contribution in [3.05, 3.63) is 83.5 Å². The molecule has 1 amide bonds. The maximum Gasteiger partial charge on any atom is 0.245 e. The van der Waals surface area contributed by atoms with Gasteiger partial charge in [0.1, 0.15) is 17.6 Å². The van der Waals surface area contributed by atoms with Gasteiger partial charge in [0, 0.05) is 48.9 Å². The first-order valence-electron chi connectivity index (χ1n) is 12.3. The lowest BCUT2D eigenvalue weighted by molar-refractivity contribution is -0.131. The van der Waals surface area contributed by atoms with Crippen LogP contribution in [0.4, 0.5) is 5.82 Å². The van der Waals surface area contributed by atoms with Crippen LogP contribution in [-0.2, 0) is 11.2 Å². The molecule has 5 rings (SSSR count). The highest BCUT2D eigenvalue weighted by molar-refractivity contribution is 7.13. The van der Waals surface area contributed by atoms with E-state index < -0.39 is 0 Å². The van der Waals surface area contributed by atoms with E-state index in [1.54, 1.807) is 23.6 Å². The molecule has 36 heavy (non-hydrogen) atoms. The third-order valence-corrected chi connectivity index (χ3v) is 7.82. The Bertz CT molecular complexity index is 1350. The molecule has 0 spiro atoms. The van der Waals surface area contributed by atoms with E-state index in [4.69, 9.17) is 4.98 Å². The highest BCUT2D eigenvalue weighted by atomic mass is 32.1. The van der Waals surface area contributed by atoms with Crippen LogP contribution in [0, 0.1) is 6.92 Å².